The van der Waals surface area contributed by atoms with Crippen LogP contribution in [0.2, 0.25) is 0 Å². The lowest BCUT2D eigenvalue weighted by Gasteiger charge is -2.09. The molecular formula is C17H16FNO4. The van der Waals surface area contributed by atoms with Gasteiger partial charge in [0.25, 0.3) is 5.91 Å². The van der Waals surface area contributed by atoms with Gasteiger partial charge in [-0.15, -0.1) is 0 Å². The Labute approximate surface area is 133 Å². The molecule has 2 aromatic carbocycles. The lowest BCUT2D eigenvalue weighted by Crippen LogP contribution is -2.30. The minimum absolute atomic E-state index is 0.184. The number of halogens is 1. The van der Waals surface area contributed by atoms with E-state index in [-0.39, 0.29) is 18.7 Å². The zero-order valence-electron chi connectivity index (χ0n) is 12.5. The maximum atomic E-state index is 13.4. The fraction of sp³-hybridized carbons (Fsp3) is 0.176. The van der Waals surface area contributed by atoms with Crippen molar-refractivity contribution in [3.05, 3.63) is 65.5 Å². The highest BCUT2D eigenvalue weighted by molar-refractivity contribution is 5.98. The quantitative estimate of drug-likeness (QED) is 0.830. The summed E-state index contributed by atoms with van der Waals surface area (Å²) in [5, 5.41) is 2.44. The molecule has 23 heavy (non-hydrogen) atoms. The Kier molecular flexibility index (Phi) is 5.68. The van der Waals surface area contributed by atoms with E-state index in [2.05, 4.69) is 5.32 Å². The van der Waals surface area contributed by atoms with Crippen molar-refractivity contribution in [2.24, 2.45) is 0 Å². The molecule has 0 spiro atoms. The second-order valence-corrected chi connectivity index (χ2v) is 4.64. The molecule has 0 aliphatic rings. The molecule has 0 saturated heterocycles. The Hall–Kier alpha value is -2.89. The number of nitrogens with one attached hydrogen (secondary N) is 1. The maximum absolute atomic E-state index is 13.4. The van der Waals surface area contributed by atoms with E-state index in [1.54, 1.807) is 36.4 Å². The zero-order chi connectivity index (χ0) is 16.7. The zero-order valence-corrected chi connectivity index (χ0v) is 12.5. The third-order valence-corrected chi connectivity index (χ3v) is 3.09. The normalized spacial score (nSPS) is 10.0. The van der Waals surface area contributed by atoms with Crippen LogP contribution in [0.5, 0.6) is 5.75 Å². The van der Waals surface area contributed by atoms with Gasteiger partial charge in [0.1, 0.15) is 24.7 Å². The van der Waals surface area contributed by atoms with Crippen LogP contribution in [0.25, 0.3) is 0 Å². The molecule has 0 saturated carbocycles. The first-order chi connectivity index (χ1) is 11.1. The van der Waals surface area contributed by atoms with Crippen molar-refractivity contribution >= 4 is 11.9 Å². The van der Waals surface area contributed by atoms with Crippen molar-refractivity contribution in [3.8, 4) is 5.75 Å². The van der Waals surface area contributed by atoms with Gasteiger partial charge in [-0.25, -0.2) is 4.39 Å². The average Bonchev–Trinajstić information content (AvgIpc) is 2.58. The molecule has 120 valence electrons. The van der Waals surface area contributed by atoms with Crippen molar-refractivity contribution < 1.29 is 23.5 Å². The van der Waals surface area contributed by atoms with Gasteiger partial charge in [-0.1, -0.05) is 30.3 Å². The summed E-state index contributed by atoms with van der Waals surface area (Å²) in [5.41, 5.74) is 0.591. The van der Waals surface area contributed by atoms with E-state index >= 15 is 0 Å². The third-order valence-electron chi connectivity index (χ3n) is 3.09. The maximum Gasteiger partial charge on any atom is 0.325 e. The van der Waals surface area contributed by atoms with Crippen LogP contribution >= 0.6 is 0 Å². The van der Waals surface area contributed by atoms with Crippen LogP contribution in [0.15, 0.2) is 48.5 Å². The van der Waals surface area contributed by atoms with Gasteiger partial charge in [0.2, 0.25) is 0 Å². The van der Waals surface area contributed by atoms with Crippen molar-refractivity contribution in [2.75, 3.05) is 13.7 Å². The number of hydrogen-bond donors (Lipinski definition) is 1. The number of amides is 1. The van der Waals surface area contributed by atoms with Crippen molar-refractivity contribution in [2.45, 2.75) is 6.61 Å². The predicted molar refractivity (Wildman–Crippen MR) is 81.5 cm³/mol. The van der Waals surface area contributed by atoms with Crippen LogP contribution in [0.1, 0.15) is 15.9 Å². The fourth-order valence-corrected chi connectivity index (χ4v) is 1.90. The number of carbonyl (C=O) groups is 2. The summed E-state index contributed by atoms with van der Waals surface area (Å²) in [6.45, 7) is -0.499. The SMILES string of the molecule is COc1ccccc1C(=O)NCC(=O)OCc1ccccc1F. The van der Waals surface area contributed by atoms with Crippen LogP contribution < -0.4 is 10.1 Å². The van der Waals surface area contributed by atoms with E-state index in [4.69, 9.17) is 9.47 Å². The standard InChI is InChI=1S/C17H16FNO4/c1-22-15-9-5-3-7-13(15)17(21)19-10-16(20)23-11-12-6-2-4-8-14(12)18/h2-9H,10-11H2,1H3,(H,19,21). The number of para-hydroxylation sites is 1. The molecule has 1 amide bonds. The Balaban J connectivity index is 1.84. The molecule has 0 aromatic heterocycles. The van der Waals surface area contributed by atoms with Gasteiger partial charge in [-0.3, -0.25) is 9.59 Å². The first-order valence-corrected chi connectivity index (χ1v) is 6.92. The summed E-state index contributed by atoms with van der Waals surface area (Å²) >= 11 is 0. The van der Waals surface area contributed by atoms with Crippen molar-refractivity contribution in [1.29, 1.82) is 0 Å². The summed E-state index contributed by atoms with van der Waals surface area (Å²) in [6, 6.07) is 12.7. The first kappa shape index (κ1) is 16.5. The minimum Gasteiger partial charge on any atom is -0.496 e. The summed E-state index contributed by atoms with van der Waals surface area (Å²) in [7, 11) is 1.45. The fourth-order valence-electron chi connectivity index (χ4n) is 1.90. The van der Waals surface area contributed by atoms with Crippen molar-refractivity contribution in [1.82, 2.24) is 5.32 Å². The lowest BCUT2D eigenvalue weighted by molar-refractivity contribution is -0.143. The van der Waals surface area contributed by atoms with Gasteiger partial charge >= 0.3 is 5.97 Å². The lowest BCUT2D eigenvalue weighted by atomic mass is 10.2. The third kappa shape index (κ3) is 4.54. The van der Waals surface area contributed by atoms with Crippen molar-refractivity contribution in [3.63, 3.8) is 0 Å². The van der Waals surface area contributed by atoms with E-state index in [1.807, 2.05) is 0 Å². The van der Waals surface area contributed by atoms with Gasteiger partial charge in [-0.2, -0.15) is 0 Å². The number of carbonyl (C=O) groups excluding carboxylic acids is 2. The van der Waals surface area contributed by atoms with E-state index in [0.29, 0.717) is 11.3 Å². The van der Waals surface area contributed by atoms with Gasteiger partial charge in [0.15, 0.2) is 0 Å². The second kappa shape index (κ2) is 7.93. The summed E-state index contributed by atoms with van der Waals surface area (Å²) in [6.07, 6.45) is 0. The summed E-state index contributed by atoms with van der Waals surface area (Å²) in [4.78, 5) is 23.6. The smallest absolute Gasteiger partial charge is 0.325 e. The minimum atomic E-state index is -0.656. The molecule has 0 fully saturated rings. The molecule has 2 aromatic rings. The van der Waals surface area contributed by atoms with E-state index in [0.717, 1.165) is 0 Å². The number of esters is 1. The Morgan fingerprint density at radius 3 is 2.52 bits per heavy atom. The first-order valence-electron chi connectivity index (χ1n) is 6.92. The van der Waals surface area contributed by atoms with Gasteiger partial charge < -0.3 is 14.8 Å². The molecule has 0 bridgehead atoms. The number of ether oxygens (including phenoxy) is 2. The molecule has 0 unspecified atom stereocenters. The van der Waals surface area contributed by atoms with E-state index in [1.165, 1.54) is 19.2 Å². The van der Waals surface area contributed by atoms with E-state index < -0.39 is 17.7 Å². The largest absolute Gasteiger partial charge is 0.496 e. The Morgan fingerprint density at radius 1 is 1.09 bits per heavy atom. The molecular weight excluding hydrogens is 301 g/mol. The molecule has 0 aliphatic carbocycles. The Bertz CT molecular complexity index is 702. The summed E-state index contributed by atoms with van der Waals surface area (Å²) < 4.78 is 23.4. The molecule has 2 rings (SSSR count). The monoisotopic (exact) mass is 317 g/mol. The number of rotatable bonds is 6. The highest BCUT2D eigenvalue weighted by Gasteiger charge is 2.13. The van der Waals surface area contributed by atoms with Gasteiger partial charge in [-0.05, 0) is 18.2 Å². The second-order valence-electron chi connectivity index (χ2n) is 4.64. The molecule has 5 nitrogen and oxygen atoms in total. The molecule has 0 atom stereocenters. The average molecular weight is 317 g/mol. The molecule has 0 heterocycles. The number of hydrogen-bond acceptors (Lipinski definition) is 4. The molecule has 0 aliphatic heterocycles. The van der Waals surface area contributed by atoms with Gasteiger partial charge in [0.05, 0.1) is 12.7 Å². The topological polar surface area (TPSA) is 64.6 Å². The van der Waals surface area contributed by atoms with Crippen LogP contribution in [-0.4, -0.2) is 25.5 Å². The predicted octanol–water partition coefficient (Wildman–Crippen LogP) is 2.31. The van der Waals surface area contributed by atoms with Crippen LogP contribution in [0.4, 0.5) is 4.39 Å². The highest BCUT2D eigenvalue weighted by atomic mass is 19.1. The molecule has 1 N–H and O–H groups in total. The number of methoxy groups -OCH3 is 1. The molecule has 6 heteroatoms. The summed E-state index contributed by atoms with van der Waals surface area (Å²) in [5.74, 6) is -1.15. The van der Waals surface area contributed by atoms with Crippen LogP contribution in [-0.2, 0) is 16.1 Å². The Morgan fingerprint density at radius 2 is 1.78 bits per heavy atom. The van der Waals surface area contributed by atoms with Crippen LogP contribution in [0.3, 0.4) is 0 Å². The number of benzene rings is 2. The van der Waals surface area contributed by atoms with Crippen LogP contribution in [0, 0.1) is 5.82 Å². The van der Waals surface area contributed by atoms with E-state index in [9.17, 15) is 14.0 Å². The molecule has 0 radical (unpaired) electrons. The van der Waals surface area contributed by atoms with Gasteiger partial charge in [0, 0.05) is 5.56 Å². The highest BCUT2D eigenvalue weighted by Crippen LogP contribution is 2.16.